The number of hydrazone groups is 1. The van der Waals surface area contributed by atoms with E-state index in [9.17, 15) is 13.2 Å². The van der Waals surface area contributed by atoms with Crippen molar-refractivity contribution in [2.45, 2.75) is 4.90 Å². The normalized spacial score (nSPS) is 11.7. The number of nitrogens with one attached hydrogen (secondary N) is 1. The topological polar surface area (TPSA) is 91.7 Å². The molecule has 3 aromatic rings. The fourth-order valence-corrected chi connectivity index (χ4v) is 3.46. The quantitative estimate of drug-likeness (QED) is 0.501. The zero-order valence-corrected chi connectivity index (χ0v) is 16.8. The molecule has 148 valence electrons. The van der Waals surface area contributed by atoms with Crippen molar-refractivity contribution in [1.29, 1.82) is 0 Å². The number of sulfonamides is 1. The van der Waals surface area contributed by atoms with Crippen molar-refractivity contribution in [3.8, 4) is 11.3 Å². The van der Waals surface area contributed by atoms with Crippen molar-refractivity contribution in [3.63, 3.8) is 0 Å². The second-order valence-corrected chi connectivity index (χ2v) is 8.50. The highest BCUT2D eigenvalue weighted by molar-refractivity contribution is 7.89. The lowest BCUT2D eigenvalue weighted by atomic mass is 10.1. The Balaban J connectivity index is 1.67. The average Bonchev–Trinajstić information content (AvgIpc) is 2.75. The van der Waals surface area contributed by atoms with Gasteiger partial charge in [-0.15, -0.1) is 0 Å². The SMILES string of the molecule is CN(C)S(=O)(=O)c1cccc(C(=O)N/N=C\c2ccc(-c3ccccn3)cc2)c1. The maximum Gasteiger partial charge on any atom is 0.271 e. The summed E-state index contributed by atoms with van der Waals surface area (Å²) in [6, 6.07) is 19.1. The minimum atomic E-state index is -3.61. The van der Waals surface area contributed by atoms with Gasteiger partial charge < -0.3 is 0 Å². The van der Waals surface area contributed by atoms with Crippen LogP contribution in [0.5, 0.6) is 0 Å². The molecule has 1 aromatic heterocycles. The summed E-state index contributed by atoms with van der Waals surface area (Å²) in [5, 5.41) is 3.95. The van der Waals surface area contributed by atoms with Crippen LogP contribution in [0, 0.1) is 0 Å². The van der Waals surface area contributed by atoms with Crippen LogP contribution in [-0.2, 0) is 10.0 Å². The molecule has 0 bridgehead atoms. The molecule has 0 radical (unpaired) electrons. The van der Waals surface area contributed by atoms with Gasteiger partial charge in [0.2, 0.25) is 10.0 Å². The molecular weight excluding hydrogens is 388 g/mol. The first-order chi connectivity index (χ1) is 13.9. The first-order valence-corrected chi connectivity index (χ1v) is 10.2. The van der Waals surface area contributed by atoms with E-state index in [4.69, 9.17) is 0 Å². The van der Waals surface area contributed by atoms with Gasteiger partial charge in [0, 0.05) is 31.4 Å². The Hall–Kier alpha value is -3.36. The van der Waals surface area contributed by atoms with Gasteiger partial charge in [0.1, 0.15) is 0 Å². The van der Waals surface area contributed by atoms with Crippen LogP contribution in [0.1, 0.15) is 15.9 Å². The summed E-state index contributed by atoms with van der Waals surface area (Å²) in [6.45, 7) is 0. The van der Waals surface area contributed by atoms with Crippen molar-refractivity contribution in [1.82, 2.24) is 14.7 Å². The number of amides is 1. The summed E-state index contributed by atoms with van der Waals surface area (Å²) < 4.78 is 25.5. The molecule has 0 fully saturated rings. The third-order valence-electron chi connectivity index (χ3n) is 4.13. The van der Waals surface area contributed by atoms with E-state index in [2.05, 4.69) is 15.5 Å². The molecule has 0 aliphatic rings. The van der Waals surface area contributed by atoms with E-state index in [0.29, 0.717) is 0 Å². The number of carbonyl (C=O) groups is 1. The summed E-state index contributed by atoms with van der Waals surface area (Å²) in [5.41, 5.74) is 5.27. The molecule has 1 amide bonds. The summed E-state index contributed by atoms with van der Waals surface area (Å²) in [4.78, 5) is 16.6. The van der Waals surface area contributed by atoms with Crippen LogP contribution in [0.2, 0.25) is 0 Å². The Morgan fingerprint density at radius 3 is 2.45 bits per heavy atom. The molecule has 0 saturated carbocycles. The fourth-order valence-electron chi connectivity index (χ4n) is 2.51. The van der Waals surface area contributed by atoms with Crippen LogP contribution in [-0.4, -0.2) is 43.9 Å². The molecule has 0 unspecified atom stereocenters. The smallest absolute Gasteiger partial charge is 0.267 e. The van der Waals surface area contributed by atoms with Gasteiger partial charge in [-0.3, -0.25) is 9.78 Å². The lowest BCUT2D eigenvalue weighted by Crippen LogP contribution is -2.23. The van der Waals surface area contributed by atoms with Gasteiger partial charge in [-0.2, -0.15) is 5.10 Å². The molecule has 1 heterocycles. The molecule has 8 heteroatoms. The van der Waals surface area contributed by atoms with E-state index in [0.717, 1.165) is 21.1 Å². The zero-order valence-electron chi connectivity index (χ0n) is 16.0. The van der Waals surface area contributed by atoms with Crippen molar-refractivity contribution < 1.29 is 13.2 Å². The molecular formula is C21H20N4O3S. The van der Waals surface area contributed by atoms with E-state index < -0.39 is 15.9 Å². The van der Waals surface area contributed by atoms with E-state index in [1.54, 1.807) is 6.20 Å². The van der Waals surface area contributed by atoms with Crippen LogP contribution in [0.15, 0.2) is 82.9 Å². The summed E-state index contributed by atoms with van der Waals surface area (Å²) in [5.74, 6) is -0.498. The lowest BCUT2D eigenvalue weighted by molar-refractivity contribution is 0.0955. The number of pyridine rings is 1. The Bertz CT molecular complexity index is 1130. The second-order valence-electron chi connectivity index (χ2n) is 6.35. The highest BCUT2D eigenvalue weighted by Crippen LogP contribution is 2.16. The molecule has 0 saturated heterocycles. The van der Waals surface area contributed by atoms with Gasteiger partial charge in [0.05, 0.1) is 16.8 Å². The van der Waals surface area contributed by atoms with Gasteiger partial charge >= 0.3 is 0 Å². The average molecular weight is 408 g/mol. The molecule has 0 aliphatic carbocycles. The zero-order chi connectivity index (χ0) is 20.9. The van der Waals surface area contributed by atoms with Crippen LogP contribution in [0.3, 0.4) is 0 Å². The highest BCUT2D eigenvalue weighted by Gasteiger charge is 2.18. The van der Waals surface area contributed by atoms with Gasteiger partial charge in [0.25, 0.3) is 5.91 Å². The molecule has 2 aromatic carbocycles. The van der Waals surface area contributed by atoms with E-state index >= 15 is 0 Å². The molecule has 7 nitrogen and oxygen atoms in total. The van der Waals surface area contributed by atoms with Gasteiger partial charge in [-0.1, -0.05) is 36.4 Å². The van der Waals surface area contributed by atoms with Crippen molar-refractivity contribution in [2.24, 2.45) is 5.10 Å². The largest absolute Gasteiger partial charge is 0.271 e. The van der Waals surface area contributed by atoms with E-state index in [1.807, 2.05) is 42.5 Å². The van der Waals surface area contributed by atoms with E-state index in [1.165, 1.54) is 44.6 Å². The summed E-state index contributed by atoms with van der Waals surface area (Å²) in [6.07, 6.45) is 3.25. The predicted molar refractivity (Wildman–Crippen MR) is 112 cm³/mol. The first-order valence-electron chi connectivity index (χ1n) is 8.75. The fraction of sp³-hybridized carbons (Fsp3) is 0.0952. The maximum atomic E-state index is 12.3. The third-order valence-corrected chi connectivity index (χ3v) is 5.94. The second kappa shape index (κ2) is 8.76. The van der Waals surface area contributed by atoms with Crippen LogP contribution in [0.25, 0.3) is 11.3 Å². The number of aromatic nitrogens is 1. The van der Waals surface area contributed by atoms with Crippen molar-refractivity contribution in [3.05, 3.63) is 84.1 Å². The maximum absolute atomic E-state index is 12.3. The molecule has 1 N–H and O–H groups in total. The number of rotatable bonds is 6. The Morgan fingerprint density at radius 1 is 1.03 bits per heavy atom. The van der Waals surface area contributed by atoms with Gasteiger partial charge in [-0.05, 0) is 35.9 Å². The van der Waals surface area contributed by atoms with Crippen molar-refractivity contribution >= 4 is 22.1 Å². The van der Waals surface area contributed by atoms with Crippen molar-refractivity contribution in [2.75, 3.05) is 14.1 Å². The number of benzene rings is 2. The van der Waals surface area contributed by atoms with Crippen LogP contribution < -0.4 is 5.43 Å². The summed E-state index contributed by atoms with van der Waals surface area (Å²) in [7, 11) is -0.742. The highest BCUT2D eigenvalue weighted by atomic mass is 32.2. The number of hydrogen-bond donors (Lipinski definition) is 1. The number of carbonyl (C=O) groups excluding carboxylic acids is 1. The molecule has 3 rings (SSSR count). The predicted octanol–water partition coefficient (Wildman–Crippen LogP) is 2.76. The Kier molecular flexibility index (Phi) is 6.16. The molecule has 0 atom stereocenters. The molecule has 0 spiro atoms. The molecule has 0 aliphatic heterocycles. The Morgan fingerprint density at radius 2 is 1.79 bits per heavy atom. The minimum Gasteiger partial charge on any atom is -0.267 e. The number of nitrogens with zero attached hydrogens (tertiary/aromatic N) is 3. The first kappa shape index (κ1) is 20.4. The van der Waals surface area contributed by atoms with Gasteiger partial charge in [-0.25, -0.2) is 18.1 Å². The minimum absolute atomic E-state index is 0.0456. The van der Waals surface area contributed by atoms with Crippen LogP contribution in [0.4, 0.5) is 0 Å². The standard InChI is InChI=1S/C21H20N4O3S/c1-25(2)29(27,28)19-7-5-6-18(14-19)21(26)24-23-15-16-9-11-17(12-10-16)20-8-3-4-13-22-20/h3-15H,1-2H3,(H,24,26)/b23-15-. The third kappa shape index (κ3) is 4.92. The lowest BCUT2D eigenvalue weighted by Gasteiger charge is -2.11. The van der Waals surface area contributed by atoms with E-state index in [-0.39, 0.29) is 10.5 Å². The van der Waals surface area contributed by atoms with Crippen LogP contribution >= 0.6 is 0 Å². The number of hydrogen-bond acceptors (Lipinski definition) is 5. The molecule has 29 heavy (non-hydrogen) atoms. The Labute approximate surface area is 169 Å². The van der Waals surface area contributed by atoms with Gasteiger partial charge in [0.15, 0.2) is 0 Å². The summed E-state index contributed by atoms with van der Waals surface area (Å²) >= 11 is 0. The monoisotopic (exact) mass is 408 g/mol.